The van der Waals surface area contributed by atoms with E-state index in [-0.39, 0.29) is 17.7 Å². The highest BCUT2D eigenvalue weighted by atomic mass is 32.1. The highest BCUT2D eigenvalue weighted by molar-refractivity contribution is 7.12. The van der Waals surface area contributed by atoms with Gasteiger partial charge in [0.25, 0.3) is 0 Å². The van der Waals surface area contributed by atoms with Gasteiger partial charge in [-0.25, -0.2) is 4.79 Å². The Morgan fingerprint density at radius 2 is 2.23 bits per heavy atom. The van der Waals surface area contributed by atoms with Gasteiger partial charge in [-0.15, -0.1) is 11.3 Å². The molecule has 6 heteroatoms. The normalized spacial score (nSPS) is 19.2. The smallest absolute Gasteiger partial charge is 0.317 e. The van der Waals surface area contributed by atoms with Crippen molar-refractivity contribution in [1.29, 1.82) is 0 Å². The number of piperidine rings is 1. The summed E-state index contributed by atoms with van der Waals surface area (Å²) in [6, 6.07) is 5.84. The van der Waals surface area contributed by atoms with Crippen LogP contribution in [0, 0.1) is 5.92 Å². The fourth-order valence-electron chi connectivity index (χ4n) is 3.86. The van der Waals surface area contributed by atoms with Crippen molar-refractivity contribution in [3.8, 4) is 0 Å². The van der Waals surface area contributed by atoms with Crippen LogP contribution in [0.3, 0.4) is 0 Å². The van der Waals surface area contributed by atoms with Crippen molar-refractivity contribution < 1.29 is 9.59 Å². The Morgan fingerprint density at radius 3 is 3.08 bits per heavy atom. The van der Waals surface area contributed by atoms with Gasteiger partial charge in [0.15, 0.2) is 5.78 Å². The van der Waals surface area contributed by atoms with E-state index in [1.54, 1.807) is 4.90 Å². The highest BCUT2D eigenvalue weighted by Crippen LogP contribution is 2.23. The zero-order valence-corrected chi connectivity index (χ0v) is 15.6. The second-order valence-corrected chi connectivity index (χ2v) is 8.04. The van der Waals surface area contributed by atoms with Crippen LogP contribution in [0.15, 0.2) is 29.8 Å². The first kappa shape index (κ1) is 17.2. The number of thiophene rings is 1. The van der Waals surface area contributed by atoms with Crippen molar-refractivity contribution in [3.63, 3.8) is 0 Å². The number of hydrogen-bond acceptors (Lipinski definition) is 4. The van der Waals surface area contributed by atoms with Crippen LogP contribution in [0.2, 0.25) is 0 Å². The molecule has 2 aromatic heterocycles. The number of urea groups is 1. The third-order valence-corrected chi connectivity index (χ3v) is 6.15. The molecule has 0 bridgehead atoms. The Morgan fingerprint density at radius 1 is 1.31 bits per heavy atom. The SMILES string of the molecule is O=C(c1cccs1)[C@@H]1CCCN(C(=O)NCc2cnc3c(c2)CCC3)C1. The number of amides is 2. The third kappa shape index (κ3) is 3.65. The number of rotatable bonds is 4. The number of likely N-dealkylation sites (tertiary alicyclic amines) is 1. The maximum atomic E-state index is 12.6. The van der Waals surface area contributed by atoms with Crippen molar-refractivity contribution >= 4 is 23.2 Å². The monoisotopic (exact) mass is 369 g/mol. The van der Waals surface area contributed by atoms with Crippen molar-refractivity contribution in [2.24, 2.45) is 5.92 Å². The zero-order chi connectivity index (χ0) is 17.9. The quantitative estimate of drug-likeness (QED) is 0.840. The first-order valence-corrected chi connectivity index (χ1v) is 10.2. The van der Waals surface area contributed by atoms with E-state index in [0.29, 0.717) is 19.6 Å². The summed E-state index contributed by atoms with van der Waals surface area (Å²) >= 11 is 1.48. The van der Waals surface area contributed by atoms with Gasteiger partial charge in [0.05, 0.1) is 4.88 Å². The number of pyridine rings is 1. The van der Waals surface area contributed by atoms with Gasteiger partial charge in [0.1, 0.15) is 0 Å². The largest absolute Gasteiger partial charge is 0.334 e. The number of aryl methyl sites for hydroxylation is 2. The van der Waals surface area contributed by atoms with E-state index < -0.39 is 0 Å². The zero-order valence-electron chi connectivity index (χ0n) is 14.7. The van der Waals surface area contributed by atoms with Gasteiger partial charge < -0.3 is 10.2 Å². The molecule has 0 saturated carbocycles. The number of carbonyl (C=O) groups is 2. The number of nitrogens with one attached hydrogen (secondary N) is 1. The van der Waals surface area contributed by atoms with Crippen LogP contribution >= 0.6 is 11.3 Å². The minimum atomic E-state index is -0.0887. The average molecular weight is 369 g/mol. The number of carbonyl (C=O) groups excluding carboxylic acids is 2. The van der Waals surface area contributed by atoms with Gasteiger partial charge in [-0.2, -0.15) is 0 Å². The van der Waals surface area contributed by atoms with Crippen molar-refractivity contribution in [2.45, 2.75) is 38.6 Å². The lowest BCUT2D eigenvalue weighted by molar-refractivity contribution is 0.0850. The molecule has 3 heterocycles. The van der Waals surface area contributed by atoms with E-state index in [1.807, 2.05) is 23.7 Å². The molecule has 0 unspecified atom stereocenters. The Labute approximate surface area is 157 Å². The van der Waals surface area contributed by atoms with Crippen molar-refractivity contribution in [2.75, 3.05) is 13.1 Å². The molecule has 2 aliphatic rings. The van der Waals surface area contributed by atoms with Gasteiger partial charge in [-0.3, -0.25) is 9.78 Å². The molecular weight excluding hydrogens is 346 g/mol. The first-order valence-electron chi connectivity index (χ1n) is 9.28. The molecule has 2 aromatic rings. The standard InChI is InChI=1S/C20H23N3O2S/c24-19(18-7-3-9-26-18)16-5-2-8-23(13-16)20(25)22-12-14-10-15-4-1-6-17(15)21-11-14/h3,7,9-11,16H,1-2,4-6,8,12-13H2,(H,22,25)/t16-/m1/s1. The molecule has 0 aromatic carbocycles. The first-order chi connectivity index (χ1) is 12.7. The second kappa shape index (κ2) is 7.58. The van der Waals surface area contributed by atoms with E-state index in [1.165, 1.54) is 29.0 Å². The minimum absolute atomic E-state index is 0.0881. The molecule has 4 rings (SSSR count). The Balaban J connectivity index is 1.33. The lowest BCUT2D eigenvalue weighted by Gasteiger charge is -2.31. The Hall–Kier alpha value is -2.21. The summed E-state index contributed by atoms with van der Waals surface area (Å²) in [5, 5.41) is 4.91. The van der Waals surface area contributed by atoms with E-state index >= 15 is 0 Å². The lowest BCUT2D eigenvalue weighted by Crippen LogP contribution is -2.46. The molecule has 1 aliphatic carbocycles. The molecule has 1 atom stereocenters. The molecule has 1 saturated heterocycles. The van der Waals surface area contributed by atoms with Gasteiger partial charge in [0.2, 0.25) is 0 Å². The summed E-state index contributed by atoms with van der Waals surface area (Å²) in [6.07, 6.45) is 6.92. The molecule has 26 heavy (non-hydrogen) atoms. The van der Waals surface area contributed by atoms with E-state index in [4.69, 9.17) is 0 Å². The molecule has 5 nitrogen and oxygen atoms in total. The molecule has 1 fully saturated rings. The maximum absolute atomic E-state index is 12.6. The van der Waals surface area contributed by atoms with Crippen molar-refractivity contribution in [3.05, 3.63) is 51.5 Å². The summed E-state index contributed by atoms with van der Waals surface area (Å²) in [5.41, 5.74) is 3.56. The number of ketones is 1. The molecule has 0 radical (unpaired) electrons. The molecule has 136 valence electrons. The summed E-state index contributed by atoms with van der Waals surface area (Å²) < 4.78 is 0. The maximum Gasteiger partial charge on any atom is 0.317 e. The van der Waals surface area contributed by atoms with E-state index in [9.17, 15) is 9.59 Å². The average Bonchev–Trinajstić information content (AvgIpc) is 3.36. The van der Waals surface area contributed by atoms with Gasteiger partial charge >= 0.3 is 6.03 Å². The fraction of sp³-hybridized carbons (Fsp3) is 0.450. The van der Waals surface area contributed by atoms with Crippen molar-refractivity contribution in [1.82, 2.24) is 15.2 Å². The topological polar surface area (TPSA) is 62.3 Å². The minimum Gasteiger partial charge on any atom is -0.334 e. The number of aromatic nitrogens is 1. The van der Waals surface area contributed by atoms with Gasteiger partial charge in [0, 0.05) is 37.4 Å². The van der Waals surface area contributed by atoms with Crippen LogP contribution in [0.1, 0.15) is 45.8 Å². The Bertz CT molecular complexity index is 803. The van der Waals surface area contributed by atoms with Gasteiger partial charge in [-0.05, 0) is 54.7 Å². The number of fused-ring (bicyclic) bond motifs is 1. The molecular formula is C20H23N3O2S. The second-order valence-electron chi connectivity index (χ2n) is 7.09. The summed E-state index contributed by atoms with van der Waals surface area (Å²) in [6.45, 7) is 1.70. The van der Waals surface area contributed by atoms with Crippen LogP contribution in [0.25, 0.3) is 0 Å². The fourth-order valence-corrected chi connectivity index (χ4v) is 4.60. The van der Waals surface area contributed by atoms with Crippen LogP contribution < -0.4 is 5.32 Å². The predicted octanol–water partition coefficient (Wildman–Crippen LogP) is 3.44. The van der Waals surface area contributed by atoms with Crippen LogP contribution in [-0.4, -0.2) is 34.8 Å². The van der Waals surface area contributed by atoms with Gasteiger partial charge in [-0.1, -0.05) is 12.1 Å². The number of Topliss-reactive ketones (excluding diaryl/α,β-unsaturated/α-hetero) is 1. The summed E-state index contributed by atoms with van der Waals surface area (Å²) in [5.74, 6) is 0.0788. The number of nitrogens with zero attached hydrogens (tertiary/aromatic N) is 2. The summed E-state index contributed by atoms with van der Waals surface area (Å²) in [4.78, 5) is 32.2. The Kier molecular flexibility index (Phi) is 5.02. The molecule has 1 N–H and O–H groups in total. The van der Waals surface area contributed by atoms with Crippen LogP contribution in [-0.2, 0) is 19.4 Å². The van der Waals surface area contributed by atoms with Crippen LogP contribution in [0.5, 0.6) is 0 Å². The molecule has 2 amide bonds. The highest BCUT2D eigenvalue weighted by Gasteiger charge is 2.29. The lowest BCUT2D eigenvalue weighted by atomic mass is 9.93. The molecule has 1 aliphatic heterocycles. The van der Waals surface area contributed by atoms with E-state index in [0.717, 1.165) is 36.1 Å². The molecule has 0 spiro atoms. The van der Waals surface area contributed by atoms with Crippen LogP contribution in [0.4, 0.5) is 4.79 Å². The summed E-state index contributed by atoms with van der Waals surface area (Å²) in [7, 11) is 0. The number of hydrogen-bond donors (Lipinski definition) is 1. The third-order valence-electron chi connectivity index (χ3n) is 5.26. The predicted molar refractivity (Wildman–Crippen MR) is 101 cm³/mol. The van der Waals surface area contributed by atoms with E-state index in [2.05, 4.69) is 16.4 Å².